The van der Waals surface area contributed by atoms with Crippen LogP contribution in [0.5, 0.6) is 5.75 Å². The number of carboxylic acids is 1. The van der Waals surface area contributed by atoms with Gasteiger partial charge in [0.15, 0.2) is 5.96 Å². The van der Waals surface area contributed by atoms with Gasteiger partial charge in [0, 0.05) is 19.5 Å². The number of hydrogen-bond acceptors (Lipinski definition) is 7. The average Bonchev–Trinajstić information content (AvgIpc) is 3.35. The Labute approximate surface area is 221 Å². The normalized spacial score (nSPS) is 17.4. The minimum absolute atomic E-state index is 0.0296. The lowest BCUT2D eigenvalue weighted by Crippen LogP contribution is -2.57. The lowest BCUT2D eigenvalue weighted by molar-refractivity contribution is -0.143. The van der Waals surface area contributed by atoms with Gasteiger partial charge in [0.05, 0.1) is 6.04 Å². The molecule has 210 valence electrons. The van der Waals surface area contributed by atoms with Crippen LogP contribution >= 0.6 is 0 Å². The van der Waals surface area contributed by atoms with E-state index in [2.05, 4.69) is 15.6 Å². The second-order valence-electron chi connectivity index (χ2n) is 9.74. The van der Waals surface area contributed by atoms with Crippen molar-refractivity contribution in [3.8, 4) is 5.75 Å². The number of carbonyl (C=O) groups is 4. The van der Waals surface area contributed by atoms with E-state index in [9.17, 15) is 29.4 Å². The molecule has 1 saturated heterocycles. The Hall–Kier alpha value is -3.87. The molecule has 1 aromatic carbocycles. The highest BCUT2D eigenvalue weighted by atomic mass is 16.4. The van der Waals surface area contributed by atoms with E-state index in [1.807, 2.05) is 13.8 Å². The van der Waals surface area contributed by atoms with Gasteiger partial charge < -0.3 is 42.9 Å². The van der Waals surface area contributed by atoms with Gasteiger partial charge in [-0.3, -0.25) is 19.4 Å². The highest BCUT2D eigenvalue weighted by Crippen LogP contribution is 2.20. The molecule has 0 unspecified atom stereocenters. The molecule has 1 aliphatic rings. The van der Waals surface area contributed by atoms with Crippen LogP contribution in [0.25, 0.3) is 0 Å². The summed E-state index contributed by atoms with van der Waals surface area (Å²) in [4.78, 5) is 56.4. The maximum absolute atomic E-state index is 13.2. The van der Waals surface area contributed by atoms with E-state index in [-0.39, 0.29) is 42.9 Å². The number of benzene rings is 1. The van der Waals surface area contributed by atoms with Crippen LogP contribution in [-0.4, -0.2) is 82.0 Å². The summed E-state index contributed by atoms with van der Waals surface area (Å²) >= 11 is 0. The summed E-state index contributed by atoms with van der Waals surface area (Å²) in [6.45, 7) is 4.23. The summed E-state index contributed by atoms with van der Waals surface area (Å²) in [5.74, 6) is -2.98. The molecule has 1 aliphatic heterocycles. The Morgan fingerprint density at radius 3 is 2.34 bits per heavy atom. The second-order valence-corrected chi connectivity index (χ2v) is 9.74. The molecule has 10 N–H and O–H groups in total. The topological polar surface area (TPSA) is 226 Å². The number of hydrogen-bond donors (Lipinski definition) is 7. The fourth-order valence-electron chi connectivity index (χ4n) is 4.16. The standard InChI is InChI=1S/C25H39N7O6/c1-14(2)20(26)23(36)32-12-4-6-19(32)22(35)30-17(5-3-11-29-25(27)28)21(34)31-18(24(37)38)13-15-7-9-16(33)10-8-15/h7-10,14,17-20,33H,3-6,11-13,26H2,1-2H3,(H,30,35)(H,31,34)(H,37,38)(H4,27,28,29)/t17-,18-,19-,20-/m0/s1. The van der Waals surface area contributed by atoms with E-state index in [1.165, 1.54) is 17.0 Å². The van der Waals surface area contributed by atoms with Crippen molar-refractivity contribution in [1.29, 1.82) is 0 Å². The molecule has 0 aromatic heterocycles. The Morgan fingerprint density at radius 1 is 1.11 bits per heavy atom. The predicted molar refractivity (Wildman–Crippen MR) is 141 cm³/mol. The molecule has 4 atom stereocenters. The minimum Gasteiger partial charge on any atom is -0.508 e. The van der Waals surface area contributed by atoms with Gasteiger partial charge in [0.1, 0.15) is 23.9 Å². The first-order valence-electron chi connectivity index (χ1n) is 12.6. The van der Waals surface area contributed by atoms with Gasteiger partial charge in [0.2, 0.25) is 17.7 Å². The number of aliphatic carboxylic acids is 1. The third-order valence-corrected chi connectivity index (χ3v) is 6.41. The van der Waals surface area contributed by atoms with Gasteiger partial charge in [-0.1, -0.05) is 26.0 Å². The summed E-state index contributed by atoms with van der Waals surface area (Å²) in [5.41, 5.74) is 17.3. The number of phenolic OH excluding ortho intramolecular Hbond substituents is 1. The van der Waals surface area contributed by atoms with Crippen molar-refractivity contribution >= 4 is 29.7 Å². The summed E-state index contributed by atoms with van der Waals surface area (Å²) in [7, 11) is 0. The van der Waals surface area contributed by atoms with E-state index in [1.54, 1.807) is 12.1 Å². The number of carbonyl (C=O) groups excluding carboxylic acids is 3. The smallest absolute Gasteiger partial charge is 0.326 e. The Bertz CT molecular complexity index is 1010. The fourth-order valence-corrected chi connectivity index (χ4v) is 4.16. The van der Waals surface area contributed by atoms with Crippen molar-refractivity contribution in [3.63, 3.8) is 0 Å². The summed E-state index contributed by atoms with van der Waals surface area (Å²) < 4.78 is 0. The molecular formula is C25H39N7O6. The Kier molecular flexibility index (Phi) is 11.3. The first-order chi connectivity index (χ1) is 17.9. The maximum Gasteiger partial charge on any atom is 0.326 e. The van der Waals surface area contributed by atoms with Gasteiger partial charge in [0.25, 0.3) is 0 Å². The molecule has 0 radical (unpaired) electrons. The number of rotatable bonds is 13. The van der Waals surface area contributed by atoms with E-state index in [0.717, 1.165) is 0 Å². The molecule has 0 saturated carbocycles. The molecule has 1 fully saturated rings. The van der Waals surface area contributed by atoms with E-state index >= 15 is 0 Å². The predicted octanol–water partition coefficient (Wildman–Crippen LogP) is -0.983. The third kappa shape index (κ3) is 8.91. The number of likely N-dealkylation sites (tertiary alicyclic amines) is 1. The third-order valence-electron chi connectivity index (χ3n) is 6.41. The molecule has 1 aromatic rings. The van der Waals surface area contributed by atoms with Gasteiger partial charge in [-0.25, -0.2) is 4.79 Å². The number of amides is 3. The molecule has 1 heterocycles. The zero-order valence-electron chi connectivity index (χ0n) is 21.8. The lowest BCUT2D eigenvalue weighted by atomic mass is 10.0. The van der Waals surface area contributed by atoms with Crippen molar-refractivity contribution in [3.05, 3.63) is 29.8 Å². The second kappa shape index (κ2) is 14.2. The molecule has 0 bridgehead atoms. The Morgan fingerprint density at radius 2 is 1.76 bits per heavy atom. The quantitative estimate of drug-likeness (QED) is 0.0937. The van der Waals surface area contributed by atoms with Crippen LogP contribution in [0.1, 0.15) is 45.1 Å². The molecule has 0 spiro atoms. The van der Waals surface area contributed by atoms with Gasteiger partial charge in [-0.05, 0) is 49.3 Å². The first kappa shape index (κ1) is 30.4. The minimum atomic E-state index is -1.28. The number of nitrogens with one attached hydrogen (secondary N) is 2. The zero-order chi connectivity index (χ0) is 28.4. The monoisotopic (exact) mass is 533 g/mol. The van der Waals surface area contributed by atoms with Crippen LogP contribution in [0.15, 0.2) is 29.3 Å². The Balaban J connectivity index is 2.16. The number of phenols is 1. The molecule has 13 heteroatoms. The van der Waals surface area contributed by atoms with E-state index < -0.39 is 42.0 Å². The van der Waals surface area contributed by atoms with Crippen molar-refractivity contribution in [2.45, 2.75) is 70.1 Å². The highest BCUT2D eigenvalue weighted by molar-refractivity contribution is 5.94. The SMILES string of the molecule is CC(C)[C@H](N)C(=O)N1CCC[C@H]1C(=O)N[C@@H](CCCN=C(N)N)C(=O)N[C@@H](Cc1ccc(O)cc1)C(=O)O. The van der Waals surface area contributed by atoms with Gasteiger partial charge >= 0.3 is 5.97 Å². The van der Waals surface area contributed by atoms with Crippen LogP contribution < -0.4 is 27.8 Å². The fraction of sp³-hybridized carbons (Fsp3) is 0.560. The van der Waals surface area contributed by atoms with Crippen LogP contribution in [0.3, 0.4) is 0 Å². The van der Waals surface area contributed by atoms with Crippen molar-refractivity contribution in [2.24, 2.45) is 28.1 Å². The van der Waals surface area contributed by atoms with Crippen molar-refractivity contribution in [2.75, 3.05) is 13.1 Å². The lowest BCUT2D eigenvalue weighted by Gasteiger charge is -2.29. The molecule has 38 heavy (non-hydrogen) atoms. The summed E-state index contributed by atoms with van der Waals surface area (Å²) in [6.07, 6.45) is 1.46. The largest absolute Gasteiger partial charge is 0.508 e. The van der Waals surface area contributed by atoms with E-state index in [4.69, 9.17) is 17.2 Å². The van der Waals surface area contributed by atoms with Gasteiger partial charge in [-0.2, -0.15) is 0 Å². The average molecular weight is 534 g/mol. The molecule has 0 aliphatic carbocycles. The number of aromatic hydroxyl groups is 1. The number of carboxylic acid groups (broad SMARTS) is 1. The number of guanidine groups is 1. The number of nitrogens with zero attached hydrogens (tertiary/aromatic N) is 2. The van der Waals surface area contributed by atoms with Crippen LogP contribution in [0.2, 0.25) is 0 Å². The van der Waals surface area contributed by atoms with Crippen LogP contribution in [0.4, 0.5) is 0 Å². The van der Waals surface area contributed by atoms with Crippen molar-refractivity contribution < 1.29 is 29.4 Å². The first-order valence-corrected chi connectivity index (χ1v) is 12.6. The molecule has 13 nitrogen and oxygen atoms in total. The highest BCUT2D eigenvalue weighted by Gasteiger charge is 2.38. The maximum atomic E-state index is 13.2. The summed E-state index contributed by atoms with van der Waals surface area (Å²) in [6, 6.07) is 2.04. The van der Waals surface area contributed by atoms with Crippen LogP contribution in [-0.2, 0) is 25.6 Å². The number of nitrogens with two attached hydrogens (primary N) is 3. The van der Waals surface area contributed by atoms with Gasteiger partial charge in [-0.15, -0.1) is 0 Å². The number of aliphatic imine (C=N–C) groups is 1. The zero-order valence-corrected chi connectivity index (χ0v) is 21.8. The molecule has 3 amide bonds. The van der Waals surface area contributed by atoms with Crippen molar-refractivity contribution in [1.82, 2.24) is 15.5 Å². The molecular weight excluding hydrogens is 494 g/mol. The van der Waals surface area contributed by atoms with Crippen LogP contribution in [0, 0.1) is 5.92 Å². The summed E-state index contributed by atoms with van der Waals surface area (Å²) in [5, 5.41) is 24.3. The van der Waals surface area contributed by atoms with E-state index in [0.29, 0.717) is 31.4 Å². The molecule has 2 rings (SSSR count).